The Bertz CT molecular complexity index is 425. The molecule has 0 saturated heterocycles. The van der Waals surface area contributed by atoms with Gasteiger partial charge in [-0.15, -0.1) is 0 Å². The molecular weight excluding hydrogens is 250 g/mol. The third kappa shape index (κ3) is 3.74. The summed E-state index contributed by atoms with van der Waals surface area (Å²) in [6.45, 7) is 4.95. The first-order chi connectivity index (χ1) is 9.54. The first kappa shape index (κ1) is 15.3. The van der Waals surface area contributed by atoms with Crippen LogP contribution in [-0.2, 0) is 0 Å². The van der Waals surface area contributed by atoms with Crippen LogP contribution in [0.15, 0.2) is 24.3 Å². The minimum atomic E-state index is -0.579. The van der Waals surface area contributed by atoms with Crippen LogP contribution >= 0.6 is 0 Å². The molecule has 0 bridgehead atoms. The summed E-state index contributed by atoms with van der Waals surface area (Å²) in [5.74, 6) is 1.06. The van der Waals surface area contributed by atoms with E-state index in [2.05, 4.69) is 19.2 Å². The molecule has 1 saturated carbocycles. The molecule has 1 aliphatic carbocycles. The maximum atomic E-state index is 10.6. The highest BCUT2D eigenvalue weighted by atomic mass is 16.3. The zero-order chi connectivity index (χ0) is 14.6. The number of benzene rings is 1. The van der Waals surface area contributed by atoms with Crippen LogP contribution in [0.3, 0.4) is 0 Å². The van der Waals surface area contributed by atoms with E-state index < -0.39 is 5.60 Å². The van der Waals surface area contributed by atoms with Crippen LogP contribution in [0.5, 0.6) is 5.75 Å². The number of aromatic hydroxyl groups is 1. The van der Waals surface area contributed by atoms with Gasteiger partial charge in [0, 0.05) is 18.2 Å². The van der Waals surface area contributed by atoms with Crippen molar-refractivity contribution in [3.05, 3.63) is 29.8 Å². The molecule has 0 amide bonds. The fraction of sp³-hybridized carbons (Fsp3) is 0.647. The zero-order valence-electron chi connectivity index (χ0n) is 12.6. The van der Waals surface area contributed by atoms with E-state index in [9.17, 15) is 10.2 Å². The molecule has 1 aromatic rings. The molecule has 0 aliphatic heterocycles. The Morgan fingerprint density at radius 3 is 2.55 bits per heavy atom. The van der Waals surface area contributed by atoms with Crippen LogP contribution < -0.4 is 5.32 Å². The van der Waals surface area contributed by atoms with Crippen molar-refractivity contribution in [2.24, 2.45) is 5.92 Å². The van der Waals surface area contributed by atoms with Gasteiger partial charge in [0.25, 0.3) is 0 Å². The molecule has 0 aromatic heterocycles. The van der Waals surface area contributed by atoms with Crippen molar-refractivity contribution >= 4 is 0 Å². The van der Waals surface area contributed by atoms with Gasteiger partial charge in [0.2, 0.25) is 0 Å². The second-order valence-corrected chi connectivity index (χ2v) is 6.31. The zero-order valence-corrected chi connectivity index (χ0v) is 12.6. The monoisotopic (exact) mass is 277 g/mol. The molecule has 1 aromatic carbocycles. The third-order valence-electron chi connectivity index (χ3n) is 4.60. The molecule has 3 heteroatoms. The molecule has 112 valence electrons. The third-order valence-corrected chi connectivity index (χ3v) is 4.60. The molecule has 1 atom stereocenters. The Morgan fingerprint density at radius 2 is 1.95 bits per heavy atom. The topological polar surface area (TPSA) is 52.5 Å². The Labute approximate surface area is 122 Å². The maximum Gasteiger partial charge on any atom is 0.120 e. The summed E-state index contributed by atoms with van der Waals surface area (Å²) in [6, 6.07) is 7.54. The average Bonchev–Trinajstić information content (AvgIpc) is 2.45. The summed E-state index contributed by atoms with van der Waals surface area (Å²) in [6.07, 6.45) is 4.85. The first-order valence-corrected chi connectivity index (χ1v) is 7.78. The van der Waals surface area contributed by atoms with E-state index in [0.29, 0.717) is 12.3 Å². The standard InChI is InChI=1S/C17H27NO2/c1-3-15(14-6-4-5-7-16(14)19)18-12-17(20)10-8-13(2)9-11-17/h4-7,13,15,18-20H,3,8-12H2,1-2H3. The molecule has 3 nitrogen and oxygen atoms in total. The molecule has 0 spiro atoms. The van der Waals surface area contributed by atoms with Crippen molar-refractivity contribution in [1.29, 1.82) is 0 Å². The molecule has 0 heterocycles. The van der Waals surface area contributed by atoms with Crippen molar-refractivity contribution < 1.29 is 10.2 Å². The summed E-state index contributed by atoms with van der Waals surface area (Å²) in [5, 5.41) is 24.0. The lowest BCUT2D eigenvalue weighted by atomic mass is 9.79. The van der Waals surface area contributed by atoms with E-state index in [-0.39, 0.29) is 6.04 Å². The molecule has 1 aliphatic rings. The highest BCUT2D eigenvalue weighted by molar-refractivity contribution is 5.34. The second kappa shape index (κ2) is 6.59. The minimum Gasteiger partial charge on any atom is -0.508 e. The van der Waals surface area contributed by atoms with Crippen LogP contribution in [0, 0.1) is 5.92 Å². The fourth-order valence-corrected chi connectivity index (χ4v) is 3.05. The maximum absolute atomic E-state index is 10.6. The number of phenols is 1. The van der Waals surface area contributed by atoms with Crippen LogP contribution in [0.4, 0.5) is 0 Å². The highest BCUT2D eigenvalue weighted by Gasteiger charge is 2.32. The summed E-state index contributed by atoms with van der Waals surface area (Å²) in [4.78, 5) is 0. The van der Waals surface area contributed by atoms with Crippen LogP contribution in [0.2, 0.25) is 0 Å². The van der Waals surface area contributed by atoms with Gasteiger partial charge in [0.15, 0.2) is 0 Å². The number of phenolic OH excluding ortho intramolecular Hbond substituents is 1. The molecule has 3 N–H and O–H groups in total. The summed E-state index contributed by atoms with van der Waals surface area (Å²) < 4.78 is 0. The molecule has 20 heavy (non-hydrogen) atoms. The van der Waals surface area contributed by atoms with Gasteiger partial charge in [-0.3, -0.25) is 0 Å². The number of para-hydroxylation sites is 1. The van der Waals surface area contributed by atoms with E-state index in [1.54, 1.807) is 6.07 Å². The van der Waals surface area contributed by atoms with Crippen molar-refractivity contribution in [3.8, 4) is 5.75 Å². The molecule has 1 fully saturated rings. The van der Waals surface area contributed by atoms with Gasteiger partial charge in [0.1, 0.15) is 5.75 Å². The Kier molecular flexibility index (Phi) is 5.06. The minimum absolute atomic E-state index is 0.0968. The largest absolute Gasteiger partial charge is 0.508 e. The van der Waals surface area contributed by atoms with Crippen molar-refractivity contribution in [1.82, 2.24) is 5.32 Å². The predicted octanol–water partition coefficient (Wildman–Crippen LogP) is 3.37. The Morgan fingerprint density at radius 1 is 1.30 bits per heavy atom. The van der Waals surface area contributed by atoms with Gasteiger partial charge in [-0.2, -0.15) is 0 Å². The molecule has 2 rings (SSSR count). The molecule has 0 radical (unpaired) electrons. The van der Waals surface area contributed by atoms with Crippen LogP contribution in [-0.4, -0.2) is 22.4 Å². The van der Waals surface area contributed by atoms with E-state index >= 15 is 0 Å². The average molecular weight is 277 g/mol. The molecular formula is C17H27NO2. The lowest BCUT2D eigenvalue weighted by Crippen LogP contribution is -2.44. The van der Waals surface area contributed by atoms with Gasteiger partial charge in [0.05, 0.1) is 5.60 Å². The summed E-state index contributed by atoms with van der Waals surface area (Å²) in [5.41, 5.74) is 0.340. The van der Waals surface area contributed by atoms with E-state index in [0.717, 1.165) is 43.6 Å². The van der Waals surface area contributed by atoms with Crippen molar-refractivity contribution in [2.45, 2.75) is 57.6 Å². The Balaban J connectivity index is 1.96. The van der Waals surface area contributed by atoms with Gasteiger partial charge in [-0.1, -0.05) is 32.0 Å². The van der Waals surface area contributed by atoms with Crippen LogP contribution in [0.1, 0.15) is 57.6 Å². The van der Waals surface area contributed by atoms with Crippen molar-refractivity contribution in [3.63, 3.8) is 0 Å². The summed E-state index contributed by atoms with van der Waals surface area (Å²) in [7, 11) is 0. The van der Waals surface area contributed by atoms with E-state index in [1.807, 2.05) is 18.2 Å². The smallest absolute Gasteiger partial charge is 0.120 e. The SMILES string of the molecule is CCC(NCC1(O)CCC(C)CC1)c1ccccc1O. The number of rotatable bonds is 5. The number of hydrogen-bond acceptors (Lipinski definition) is 3. The predicted molar refractivity (Wildman–Crippen MR) is 81.7 cm³/mol. The van der Waals surface area contributed by atoms with Gasteiger partial charge >= 0.3 is 0 Å². The second-order valence-electron chi connectivity index (χ2n) is 6.31. The number of hydrogen-bond donors (Lipinski definition) is 3. The van der Waals surface area contributed by atoms with Gasteiger partial charge in [-0.25, -0.2) is 0 Å². The lowest BCUT2D eigenvalue weighted by molar-refractivity contribution is -0.00836. The number of nitrogens with one attached hydrogen (secondary N) is 1. The molecule has 1 unspecified atom stereocenters. The summed E-state index contributed by atoms with van der Waals surface area (Å²) >= 11 is 0. The van der Waals surface area contributed by atoms with Crippen LogP contribution in [0.25, 0.3) is 0 Å². The Hall–Kier alpha value is -1.06. The van der Waals surface area contributed by atoms with Gasteiger partial charge in [-0.05, 0) is 44.1 Å². The fourth-order valence-electron chi connectivity index (χ4n) is 3.05. The quantitative estimate of drug-likeness (QED) is 0.773. The van der Waals surface area contributed by atoms with Crippen molar-refractivity contribution in [2.75, 3.05) is 6.54 Å². The number of aliphatic hydroxyl groups is 1. The van der Waals surface area contributed by atoms with E-state index in [1.165, 1.54) is 0 Å². The first-order valence-electron chi connectivity index (χ1n) is 7.78. The lowest BCUT2D eigenvalue weighted by Gasteiger charge is -2.36. The highest BCUT2D eigenvalue weighted by Crippen LogP contribution is 2.32. The van der Waals surface area contributed by atoms with Gasteiger partial charge < -0.3 is 15.5 Å². The van der Waals surface area contributed by atoms with E-state index in [4.69, 9.17) is 0 Å². The normalized spacial score (nSPS) is 28.2.